The van der Waals surface area contributed by atoms with Crippen LogP contribution in [0.2, 0.25) is 0 Å². The molecule has 9 heteroatoms. The van der Waals surface area contributed by atoms with E-state index < -0.39 is 32.7 Å². The standard InChI is InChI=1S/C20H21FN4O3S/c1-13-19(15(3)25(23-13)16-9-5-4-6-10-16)22-20(26)14(2)24-29(27,28)18-12-8-7-11-17(18)21/h4-12,14,24H,1-3H3,(H,22,26)/t14-/m1/s1. The molecule has 2 aromatic carbocycles. The zero-order chi connectivity index (χ0) is 21.2. The molecule has 0 aliphatic heterocycles. The van der Waals surface area contributed by atoms with Crippen molar-refractivity contribution in [3.8, 4) is 5.69 Å². The van der Waals surface area contributed by atoms with Gasteiger partial charge in [-0.15, -0.1) is 0 Å². The Morgan fingerprint density at radius 2 is 1.69 bits per heavy atom. The molecule has 29 heavy (non-hydrogen) atoms. The van der Waals surface area contributed by atoms with E-state index in [0.717, 1.165) is 17.8 Å². The van der Waals surface area contributed by atoms with Gasteiger partial charge in [0.25, 0.3) is 0 Å². The van der Waals surface area contributed by atoms with Crippen LogP contribution in [0.25, 0.3) is 5.69 Å². The van der Waals surface area contributed by atoms with Gasteiger partial charge in [0.2, 0.25) is 15.9 Å². The minimum Gasteiger partial charge on any atom is -0.322 e. The molecular formula is C20H21FN4O3S. The van der Waals surface area contributed by atoms with E-state index in [4.69, 9.17) is 0 Å². The normalized spacial score (nSPS) is 12.6. The van der Waals surface area contributed by atoms with Gasteiger partial charge in [0.15, 0.2) is 0 Å². The lowest BCUT2D eigenvalue weighted by Crippen LogP contribution is -2.41. The molecule has 0 radical (unpaired) electrons. The van der Waals surface area contributed by atoms with E-state index in [9.17, 15) is 17.6 Å². The molecule has 0 aliphatic rings. The van der Waals surface area contributed by atoms with Crippen molar-refractivity contribution >= 4 is 21.6 Å². The summed E-state index contributed by atoms with van der Waals surface area (Å²) in [5, 5.41) is 7.15. The Morgan fingerprint density at radius 1 is 1.07 bits per heavy atom. The molecule has 0 spiro atoms. The van der Waals surface area contributed by atoms with Crippen molar-refractivity contribution in [1.29, 1.82) is 0 Å². The Labute approximate surface area is 168 Å². The average molecular weight is 416 g/mol. The number of aryl methyl sites for hydroxylation is 1. The fourth-order valence-electron chi connectivity index (χ4n) is 2.89. The predicted molar refractivity (Wildman–Crippen MR) is 108 cm³/mol. The van der Waals surface area contributed by atoms with Crippen molar-refractivity contribution in [2.24, 2.45) is 0 Å². The van der Waals surface area contributed by atoms with Crippen LogP contribution in [0.3, 0.4) is 0 Å². The number of sulfonamides is 1. The number of amides is 1. The number of benzene rings is 2. The van der Waals surface area contributed by atoms with Gasteiger partial charge in [0, 0.05) is 0 Å². The molecule has 0 bridgehead atoms. The van der Waals surface area contributed by atoms with E-state index in [1.807, 2.05) is 30.3 Å². The van der Waals surface area contributed by atoms with Gasteiger partial charge in [-0.25, -0.2) is 17.5 Å². The SMILES string of the molecule is Cc1nn(-c2ccccc2)c(C)c1NC(=O)[C@@H](C)NS(=O)(=O)c1ccccc1F. The predicted octanol–water partition coefficient (Wildman–Crippen LogP) is 2.93. The van der Waals surface area contributed by atoms with Crippen molar-refractivity contribution in [3.05, 3.63) is 71.8 Å². The fourth-order valence-corrected chi connectivity index (χ4v) is 4.17. The van der Waals surface area contributed by atoms with Crippen molar-refractivity contribution in [3.63, 3.8) is 0 Å². The molecule has 0 saturated heterocycles. The monoisotopic (exact) mass is 416 g/mol. The zero-order valence-corrected chi connectivity index (χ0v) is 17.0. The van der Waals surface area contributed by atoms with Gasteiger partial charge in [0.1, 0.15) is 10.7 Å². The highest BCUT2D eigenvalue weighted by molar-refractivity contribution is 7.89. The van der Waals surface area contributed by atoms with Crippen LogP contribution in [-0.2, 0) is 14.8 Å². The number of nitrogens with zero attached hydrogens (tertiary/aromatic N) is 2. The highest BCUT2D eigenvalue weighted by atomic mass is 32.2. The average Bonchev–Trinajstić information content (AvgIpc) is 2.96. The minimum atomic E-state index is -4.19. The Balaban J connectivity index is 1.79. The first-order valence-corrected chi connectivity index (χ1v) is 10.4. The second kappa shape index (κ2) is 8.14. The molecule has 7 nitrogen and oxygen atoms in total. The number of hydrogen-bond acceptors (Lipinski definition) is 4. The maximum atomic E-state index is 13.8. The van der Waals surface area contributed by atoms with Crippen LogP contribution in [-0.4, -0.2) is 30.1 Å². The Morgan fingerprint density at radius 3 is 2.34 bits per heavy atom. The smallest absolute Gasteiger partial charge is 0.244 e. The molecular weight excluding hydrogens is 395 g/mol. The van der Waals surface area contributed by atoms with Gasteiger partial charge in [-0.2, -0.15) is 9.82 Å². The first kappa shape index (κ1) is 20.7. The third-order valence-corrected chi connectivity index (χ3v) is 5.97. The van der Waals surface area contributed by atoms with Crippen LogP contribution in [0.5, 0.6) is 0 Å². The van der Waals surface area contributed by atoms with E-state index in [1.54, 1.807) is 18.5 Å². The summed E-state index contributed by atoms with van der Waals surface area (Å²) in [6, 6.07) is 13.3. The lowest BCUT2D eigenvalue weighted by Gasteiger charge is -2.15. The second-order valence-corrected chi connectivity index (χ2v) is 8.24. The zero-order valence-electron chi connectivity index (χ0n) is 16.2. The maximum absolute atomic E-state index is 13.8. The van der Waals surface area contributed by atoms with Crippen molar-refractivity contribution < 1.29 is 17.6 Å². The van der Waals surface area contributed by atoms with Crippen LogP contribution in [0.4, 0.5) is 10.1 Å². The molecule has 1 amide bonds. The van der Waals surface area contributed by atoms with Crippen LogP contribution < -0.4 is 10.0 Å². The summed E-state index contributed by atoms with van der Waals surface area (Å²) in [5.41, 5.74) is 2.62. The first-order chi connectivity index (χ1) is 13.7. The Kier molecular flexibility index (Phi) is 5.81. The van der Waals surface area contributed by atoms with Crippen molar-refractivity contribution in [2.75, 3.05) is 5.32 Å². The van der Waals surface area contributed by atoms with Crippen LogP contribution >= 0.6 is 0 Å². The molecule has 0 fully saturated rings. The van der Waals surface area contributed by atoms with Gasteiger partial charge in [-0.05, 0) is 45.0 Å². The van der Waals surface area contributed by atoms with E-state index in [0.29, 0.717) is 17.1 Å². The summed E-state index contributed by atoms with van der Waals surface area (Å²) in [5.74, 6) is -1.47. The summed E-state index contributed by atoms with van der Waals surface area (Å²) in [6.07, 6.45) is 0. The second-order valence-electron chi connectivity index (χ2n) is 6.56. The first-order valence-electron chi connectivity index (χ1n) is 8.90. The number of aromatic nitrogens is 2. The summed E-state index contributed by atoms with van der Waals surface area (Å²) in [6.45, 7) is 4.94. The molecule has 0 aliphatic carbocycles. The van der Waals surface area contributed by atoms with E-state index in [1.165, 1.54) is 19.1 Å². The molecule has 3 aromatic rings. The molecule has 3 rings (SSSR count). The number of carbonyl (C=O) groups excluding carboxylic acids is 1. The van der Waals surface area contributed by atoms with Crippen molar-refractivity contribution in [1.82, 2.24) is 14.5 Å². The Bertz CT molecular complexity index is 1140. The number of nitrogens with one attached hydrogen (secondary N) is 2. The van der Waals surface area contributed by atoms with Gasteiger partial charge in [-0.1, -0.05) is 30.3 Å². The summed E-state index contributed by atoms with van der Waals surface area (Å²) < 4.78 is 42.5. The largest absolute Gasteiger partial charge is 0.322 e. The molecule has 1 aromatic heterocycles. The quantitative estimate of drug-likeness (QED) is 0.646. The molecule has 152 valence electrons. The maximum Gasteiger partial charge on any atom is 0.244 e. The van der Waals surface area contributed by atoms with Crippen LogP contribution in [0.15, 0.2) is 59.5 Å². The highest BCUT2D eigenvalue weighted by Gasteiger charge is 2.25. The number of para-hydroxylation sites is 1. The number of rotatable bonds is 6. The van der Waals surface area contributed by atoms with E-state index in [-0.39, 0.29) is 0 Å². The van der Waals surface area contributed by atoms with Crippen LogP contribution in [0, 0.1) is 19.7 Å². The summed E-state index contributed by atoms with van der Waals surface area (Å²) in [4.78, 5) is 12.1. The van der Waals surface area contributed by atoms with Gasteiger partial charge >= 0.3 is 0 Å². The number of hydrogen-bond donors (Lipinski definition) is 2. The van der Waals surface area contributed by atoms with Crippen LogP contribution in [0.1, 0.15) is 18.3 Å². The molecule has 0 unspecified atom stereocenters. The highest BCUT2D eigenvalue weighted by Crippen LogP contribution is 2.23. The number of carbonyl (C=O) groups is 1. The minimum absolute atomic E-state index is 0.496. The third kappa shape index (κ3) is 4.36. The Hall–Kier alpha value is -3.04. The number of anilines is 1. The molecule has 0 saturated carbocycles. The lowest BCUT2D eigenvalue weighted by molar-refractivity contribution is -0.117. The summed E-state index contributed by atoms with van der Waals surface area (Å²) in [7, 11) is -4.19. The molecule has 1 atom stereocenters. The fraction of sp³-hybridized carbons (Fsp3) is 0.200. The van der Waals surface area contributed by atoms with Gasteiger partial charge in [-0.3, -0.25) is 4.79 Å². The third-order valence-electron chi connectivity index (χ3n) is 4.39. The topological polar surface area (TPSA) is 93.1 Å². The molecule has 2 N–H and O–H groups in total. The summed E-state index contributed by atoms with van der Waals surface area (Å²) >= 11 is 0. The lowest BCUT2D eigenvalue weighted by atomic mass is 10.2. The van der Waals surface area contributed by atoms with E-state index >= 15 is 0 Å². The van der Waals surface area contributed by atoms with Gasteiger partial charge < -0.3 is 5.32 Å². The number of halogens is 1. The van der Waals surface area contributed by atoms with Crippen molar-refractivity contribution in [2.45, 2.75) is 31.7 Å². The van der Waals surface area contributed by atoms with E-state index in [2.05, 4.69) is 15.1 Å². The molecule has 1 heterocycles. The van der Waals surface area contributed by atoms with Gasteiger partial charge in [0.05, 0.1) is 28.8 Å².